The molecule has 0 aromatic carbocycles. The summed E-state index contributed by atoms with van der Waals surface area (Å²) in [5, 5.41) is 22.4. The first-order valence-electron chi connectivity index (χ1n) is 7.30. The van der Waals surface area contributed by atoms with Crippen LogP contribution in [-0.2, 0) is 10.3 Å². The highest BCUT2D eigenvalue weighted by atomic mass is 32.1. The summed E-state index contributed by atoms with van der Waals surface area (Å²) in [6.45, 7) is 8.15. The van der Waals surface area contributed by atoms with Gasteiger partial charge in [-0.15, -0.1) is 11.3 Å². The Labute approximate surface area is 134 Å². The molecular formula is C16H23NO4S. The second kappa shape index (κ2) is 6.30. The Morgan fingerprint density at radius 3 is 2.64 bits per heavy atom. The van der Waals surface area contributed by atoms with Crippen LogP contribution in [-0.4, -0.2) is 40.4 Å². The molecule has 2 atom stereocenters. The first kappa shape index (κ1) is 16.8. The molecule has 1 aliphatic rings. The van der Waals surface area contributed by atoms with E-state index in [0.717, 1.165) is 21.8 Å². The monoisotopic (exact) mass is 325 g/mol. The summed E-state index contributed by atoms with van der Waals surface area (Å²) in [6, 6.07) is 1.95. The van der Waals surface area contributed by atoms with Crippen molar-refractivity contribution < 1.29 is 19.7 Å². The first-order chi connectivity index (χ1) is 10.2. The highest BCUT2D eigenvalue weighted by Gasteiger charge is 2.46. The predicted octanol–water partition coefficient (Wildman–Crippen LogP) is 3.33. The van der Waals surface area contributed by atoms with Crippen LogP contribution in [0.3, 0.4) is 0 Å². The number of hydrogen-bond acceptors (Lipinski definition) is 4. The molecule has 1 aromatic heterocycles. The van der Waals surface area contributed by atoms with Gasteiger partial charge in [0.25, 0.3) is 0 Å². The summed E-state index contributed by atoms with van der Waals surface area (Å²) in [4.78, 5) is 13.4. The molecule has 0 aliphatic carbocycles. The van der Waals surface area contributed by atoms with E-state index >= 15 is 0 Å². The van der Waals surface area contributed by atoms with Crippen LogP contribution in [0.2, 0.25) is 0 Å². The van der Waals surface area contributed by atoms with Crippen molar-refractivity contribution in [2.75, 3.05) is 13.1 Å². The molecule has 1 saturated heterocycles. The smallest absolute Gasteiger partial charge is 0.407 e. The molecule has 1 aliphatic heterocycles. The molecule has 0 bridgehead atoms. The van der Waals surface area contributed by atoms with Crippen LogP contribution in [0, 0.1) is 6.92 Å². The Balaban J connectivity index is 2.33. The second-order valence-corrected chi connectivity index (χ2v) is 6.97. The Morgan fingerprint density at radius 1 is 1.45 bits per heavy atom. The maximum atomic E-state index is 11.3. The number of nitrogens with zero attached hydrogens (tertiary/aromatic N) is 1. The lowest BCUT2D eigenvalue weighted by atomic mass is 9.86. The molecule has 2 heterocycles. The average molecular weight is 325 g/mol. The maximum absolute atomic E-state index is 11.3. The molecule has 22 heavy (non-hydrogen) atoms. The quantitative estimate of drug-likeness (QED) is 0.836. The number of piperidine rings is 1. The van der Waals surface area contributed by atoms with Gasteiger partial charge in [-0.3, -0.25) is 0 Å². The minimum atomic E-state index is -1.15. The molecule has 0 radical (unpaired) electrons. The molecule has 1 fully saturated rings. The van der Waals surface area contributed by atoms with E-state index < -0.39 is 17.8 Å². The maximum Gasteiger partial charge on any atom is 0.407 e. The van der Waals surface area contributed by atoms with E-state index in [2.05, 4.69) is 0 Å². The Bertz CT molecular complexity index is 591. The predicted molar refractivity (Wildman–Crippen MR) is 86.1 cm³/mol. The van der Waals surface area contributed by atoms with Crippen LogP contribution in [0.4, 0.5) is 4.79 Å². The molecule has 5 nitrogen and oxygen atoms in total. The van der Waals surface area contributed by atoms with E-state index in [1.807, 2.05) is 39.1 Å². The third-order valence-electron chi connectivity index (χ3n) is 4.13. The van der Waals surface area contributed by atoms with Crippen LogP contribution in [0.25, 0.3) is 0 Å². The molecular weight excluding hydrogens is 302 g/mol. The third kappa shape index (κ3) is 3.28. The van der Waals surface area contributed by atoms with E-state index in [-0.39, 0.29) is 6.54 Å². The zero-order valence-corrected chi connectivity index (χ0v) is 14.2. The summed E-state index contributed by atoms with van der Waals surface area (Å²) in [6.07, 6.45) is -1.25. The number of amides is 1. The molecule has 0 unspecified atom stereocenters. The number of hydrogen-bond donors (Lipinski definition) is 2. The SMILES string of the molecule is CC(C)=C(C)O[C@H]1CN(C(=O)O)CC[C@]1(O)c1cc(C)cs1. The van der Waals surface area contributed by atoms with Gasteiger partial charge >= 0.3 is 6.09 Å². The first-order valence-corrected chi connectivity index (χ1v) is 8.18. The summed E-state index contributed by atoms with van der Waals surface area (Å²) < 4.78 is 5.94. The van der Waals surface area contributed by atoms with Gasteiger partial charge in [0.15, 0.2) is 0 Å². The number of likely N-dealkylation sites (tertiary alicyclic amines) is 1. The number of aliphatic hydroxyl groups is 1. The van der Waals surface area contributed by atoms with Gasteiger partial charge in [0.1, 0.15) is 11.7 Å². The van der Waals surface area contributed by atoms with Gasteiger partial charge in [-0.25, -0.2) is 4.79 Å². The summed E-state index contributed by atoms with van der Waals surface area (Å²) in [5.41, 5.74) is 0.950. The Morgan fingerprint density at radius 2 is 2.14 bits per heavy atom. The molecule has 0 spiro atoms. The van der Waals surface area contributed by atoms with E-state index in [4.69, 9.17) is 4.74 Å². The van der Waals surface area contributed by atoms with E-state index in [9.17, 15) is 15.0 Å². The van der Waals surface area contributed by atoms with Crippen molar-refractivity contribution in [1.82, 2.24) is 4.90 Å². The minimum Gasteiger partial charge on any atom is -0.490 e. The third-order valence-corrected chi connectivity index (χ3v) is 5.35. The number of carboxylic acid groups (broad SMARTS) is 1. The van der Waals surface area contributed by atoms with Crippen LogP contribution < -0.4 is 0 Å². The van der Waals surface area contributed by atoms with Crippen LogP contribution >= 0.6 is 11.3 Å². The lowest BCUT2D eigenvalue weighted by Gasteiger charge is -2.43. The molecule has 2 rings (SSSR count). The Kier molecular flexibility index (Phi) is 4.82. The van der Waals surface area contributed by atoms with Gasteiger partial charge in [-0.1, -0.05) is 0 Å². The van der Waals surface area contributed by atoms with Crippen molar-refractivity contribution >= 4 is 17.4 Å². The lowest BCUT2D eigenvalue weighted by Crippen LogP contribution is -2.55. The van der Waals surface area contributed by atoms with E-state index in [1.165, 1.54) is 16.2 Å². The van der Waals surface area contributed by atoms with Gasteiger partial charge in [-0.05, 0) is 50.3 Å². The van der Waals surface area contributed by atoms with E-state index in [0.29, 0.717) is 13.0 Å². The molecule has 1 amide bonds. The molecule has 6 heteroatoms. The number of carbonyl (C=O) groups is 1. The number of thiophene rings is 1. The van der Waals surface area contributed by atoms with Crippen LogP contribution in [0.5, 0.6) is 0 Å². The number of aryl methyl sites for hydroxylation is 1. The normalized spacial score (nSPS) is 25.0. The van der Waals surface area contributed by atoms with Gasteiger partial charge in [0.2, 0.25) is 0 Å². The largest absolute Gasteiger partial charge is 0.490 e. The highest BCUT2D eigenvalue weighted by molar-refractivity contribution is 7.10. The average Bonchev–Trinajstić information content (AvgIpc) is 2.88. The molecule has 1 aromatic rings. The molecule has 0 saturated carbocycles. The summed E-state index contributed by atoms with van der Waals surface area (Å²) >= 11 is 1.49. The van der Waals surface area contributed by atoms with Crippen LogP contribution in [0.15, 0.2) is 22.8 Å². The van der Waals surface area contributed by atoms with E-state index in [1.54, 1.807) is 0 Å². The van der Waals surface area contributed by atoms with Gasteiger partial charge in [-0.2, -0.15) is 0 Å². The fourth-order valence-corrected chi connectivity index (χ4v) is 3.56. The lowest BCUT2D eigenvalue weighted by molar-refractivity contribution is -0.128. The van der Waals surface area contributed by atoms with Gasteiger partial charge < -0.3 is 19.8 Å². The standard InChI is InChI=1S/C16H23NO4S/c1-10(2)12(4)21-13-8-17(15(18)19)6-5-16(13,20)14-7-11(3)9-22-14/h7,9,13,20H,5-6,8H2,1-4H3,(H,18,19)/t13-,16+/m0/s1. The summed E-state index contributed by atoms with van der Waals surface area (Å²) in [5.74, 6) is 0.726. The second-order valence-electron chi connectivity index (χ2n) is 6.05. The number of rotatable bonds is 3. The molecule has 2 N–H and O–H groups in total. The highest BCUT2D eigenvalue weighted by Crippen LogP contribution is 2.39. The van der Waals surface area contributed by atoms with Gasteiger partial charge in [0, 0.05) is 17.8 Å². The molecule has 122 valence electrons. The van der Waals surface area contributed by atoms with Crippen molar-refractivity contribution in [2.45, 2.75) is 45.8 Å². The minimum absolute atomic E-state index is 0.160. The van der Waals surface area contributed by atoms with Crippen molar-refractivity contribution in [3.63, 3.8) is 0 Å². The number of ether oxygens (including phenoxy) is 1. The van der Waals surface area contributed by atoms with Crippen LogP contribution in [0.1, 0.15) is 37.6 Å². The van der Waals surface area contributed by atoms with Crippen molar-refractivity contribution in [1.29, 1.82) is 0 Å². The zero-order chi connectivity index (χ0) is 16.5. The zero-order valence-electron chi connectivity index (χ0n) is 13.4. The number of allylic oxidation sites excluding steroid dienone is 2. The fraction of sp³-hybridized carbons (Fsp3) is 0.562. The fourth-order valence-electron chi connectivity index (χ4n) is 2.49. The summed E-state index contributed by atoms with van der Waals surface area (Å²) in [7, 11) is 0. The Hall–Kier alpha value is -1.53. The van der Waals surface area contributed by atoms with Crippen molar-refractivity contribution in [3.05, 3.63) is 33.2 Å². The van der Waals surface area contributed by atoms with Crippen molar-refractivity contribution in [2.24, 2.45) is 0 Å². The topological polar surface area (TPSA) is 70.0 Å². The van der Waals surface area contributed by atoms with Crippen molar-refractivity contribution in [3.8, 4) is 0 Å². The van der Waals surface area contributed by atoms with Gasteiger partial charge in [0.05, 0.1) is 12.3 Å².